The van der Waals surface area contributed by atoms with Gasteiger partial charge in [0.1, 0.15) is 0 Å². The topological polar surface area (TPSA) is 23.9 Å². The minimum atomic E-state index is 0.750. The van der Waals surface area contributed by atoms with Crippen molar-refractivity contribution in [3.63, 3.8) is 0 Å². The fourth-order valence-electron chi connectivity index (χ4n) is 0.489. The number of hydrogen-bond donors (Lipinski definition) is 1. The van der Waals surface area contributed by atoms with Gasteiger partial charge in [-0.3, -0.25) is 5.41 Å². The van der Waals surface area contributed by atoms with Gasteiger partial charge in [-0.05, 0) is 30.7 Å². The van der Waals surface area contributed by atoms with Crippen LogP contribution >= 0.6 is 0 Å². The van der Waals surface area contributed by atoms with Gasteiger partial charge >= 0.3 is 0 Å². The van der Waals surface area contributed by atoms with Crippen LogP contribution in [0.3, 0.4) is 0 Å². The van der Waals surface area contributed by atoms with Crippen LogP contribution in [0.15, 0.2) is 6.08 Å². The molecule has 0 fully saturated rings. The first-order valence-corrected chi connectivity index (χ1v) is 3.01. The monoisotopic (exact) mass is 111 g/mol. The largest absolute Gasteiger partial charge is 0.259 e. The molecule has 0 spiro atoms. The molecule has 0 aromatic rings. The van der Waals surface area contributed by atoms with E-state index in [0.717, 1.165) is 12.3 Å². The lowest BCUT2D eigenvalue weighted by molar-refractivity contribution is 0.595. The fourth-order valence-corrected chi connectivity index (χ4v) is 0.489. The molecule has 0 aliphatic heterocycles. The van der Waals surface area contributed by atoms with Gasteiger partial charge in [0.15, 0.2) is 0 Å². The van der Waals surface area contributed by atoms with Crippen molar-refractivity contribution in [1.29, 1.82) is 5.41 Å². The van der Waals surface area contributed by atoms with Crippen molar-refractivity contribution in [2.75, 3.05) is 0 Å². The minimum absolute atomic E-state index is 0.750. The van der Waals surface area contributed by atoms with Gasteiger partial charge in [-0.2, -0.15) is 0 Å². The Bertz CT molecular complexity index is 88.6. The van der Waals surface area contributed by atoms with E-state index in [1.165, 1.54) is 6.42 Å². The van der Waals surface area contributed by atoms with Gasteiger partial charge in [-0.1, -0.05) is 13.8 Å². The summed E-state index contributed by atoms with van der Waals surface area (Å²) in [5, 5.41) is 6.54. The maximum absolute atomic E-state index is 6.54. The van der Waals surface area contributed by atoms with Crippen molar-refractivity contribution >= 4 is 5.87 Å². The first-order chi connectivity index (χ1) is 3.77. The first-order valence-electron chi connectivity index (χ1n) is 3.01. The van der Waals surface area contributed by atoms with Crippen LogP contribution < -0.4 is 0 Å². The molecule has 1 heteroatoms. The Kier molecular flexibility index (Phi) is 4.29. The van der Waals surface area contributed by atoms with Crippen LogP contribution in [-0.4, -0.2) is 5.87 Å². The summed E-state index contributed by atoms with van der Waals surface area (Å²) in [4.78, 5) is 0. The Morgan fingerprint density at radius 3 is 2.62 bits per heavy atom. The van der Waals surface area contributed by atoms with E-state index in [9.17, 15) is 0 Å². The molecule has 0 aliphatic carbocycles. The standard InChI is InChI=1S/C7H13N/c1-7(2)5-3-4-6-8/h4,7-8H,3,5H2,1-2H3. The molecule has 1 nitrogen and oxygen atoms in total. The predicted octanol–water partition coefficient (Wildman–Crippen LogP) is 2.23. The zero-order chi connectivity index (χ0) is 6.41. The highest BCUT2D eigenvalue weighted by Gasteiger charge is 1.87. The van der Waals surface area contributed by atoms with E-state index in [0.29, 0.717) is 0 Å². The highest BCUT2D eigenvalue weighted by molar-refractivity contribution is 5.46. The van der Waals surface area contributed by atoms with E-state index in [1.54, 1.807) is 6.08 Å². The zero-order valence-electron chi connectivity index (χ0n) is 5.57. The third-order valence-electron chi connectivity index (χ3n) is 0.990. The third kappa shape index (κ3) is 5.45. The Hall–Kier alpha value is -0.550. The predicted molar refractivity (Wildman–Crippen MR) is 36.4 cm³/mol. The summed E-state index contributed by atoms with van der Waals surface area (Å²) in [6.45, 7) is 4.36. The van der Waals surface area contributed by atoms with Crippen molar-refractivity contribution < 1.29 is 0 Å². The van der Waals surface area contributed by atoms with Gasteiger partial charge in [-0.25, -0.2) is 0 Å². The van der Waals surface area contributed by atoms with Crippen LogP contribution in [0.25, 0.3) is 0 Å². The fraction of sp³-hybridized carbons (Fsp3) is 0.714. The second kappa shape index (κ2) is 4.61. The number of nitrogens with one attached hydrogen (secondary N) is 1. The Morgan fingerprint density at radius 1 is 1.62 bits per heavy atom. The molecule has 0 heterocycles. The molecule has 0 rings (SSSR count). The number of allylic oxidation sites excluding steroid dienone is 1. The van der Waals surface area contributed by atoms with Crippen molar-refractivity contribution in [2.45, 2.75) is 26.7 Å². The van der Waals surface area contributed by atoms with Crippen molar-refractivity contribution in [3.8, 4) is 0 Å². The van der Waals surface area contributed by atoms with Crippen LogP contribution in [0.2, 0.25) is 0 Å². The highest BCUT2D eigenvalue weighted by Crippen LogP contribution is 2.01. The van der Waals surface area contributed by atoms with Crippen LogP contribution in [0.1, 0.15) is 26.7 Å². The molecule has 0 aromatic heterocycles. The lowest BCUT2D eigenvalue weighted by Crippen LogP contribution is -1.83. The van der Waals surface area contributed by atoms with E-state index < -0.39 is 0 Å². The molecule has 0 bridgehead atoms. The van der Waals surface area contributed by atoms with Gasteiger partial charge < -0.3 is 0 Å². The van der Waals surface area contributed by atoms with Gasteiger partial charge in [0.2, 0.25) is 0 Å². The summed E-state index contributed by atoms with van der Waals surface area (Å²) in [5.74, 6) is 3.00. The Labute approximate surface area is 50.9 Å². The van der Waals surface area contributed by atoms with Gasteiger partial charge in [-0.15, -0.1) is 0 Å². The second-order valence-corrected chi connectivity index (χ2v) is 2.32. The van der Waals surface area contributed by atoms with Crippen molar-refractivity contribution in [3.05, 3.63) is 6.08 Å². The lowest BCUT2D eigenvalue weighted by atomic mass is 10.1. The van der Waals surface area contributed by atoms with Gasteiger partial charge in [0, 0.05) is 0 Å². The van der Waals surface area contributed by atoms with Gasteiger partial charge in [0.25, 0.3) is 0 Å². The van der Waals surface area contributed by atoms with Gasteiger partial charge in [0.05, 0.1) is 0 Å². The SMILES string of the molecule is CC(C)CCC=C=N. The van der Waals surface area contributed by atoms with E-state index >= 15 is 0 Å². The molecule has 0 saturated heterocycles. The molecular weight excluding hydrogens is 98.1 g/mol. The molecule has 0 unspecified atom stereocenters. The Balaban J connectivity index is 3.05. The van der Waals surface area contributed by atoms with Crippen LogP contribution in [0.5, 0.6) is 0 Å². The maximum atomic E-state index is 6.54. The summed E-state index contributed by atoms with van der Waals surface area (Å²) < 4.78 is 0. The normalized spacial score (nSPS) is 8.88. The smallest absolute Gasteiger partial charge is 0.0234 e. The molecule has 1 N–H and O–H groups in total. The van der Waals surface area contributed by atoms with Crippen molar-refractivity contribution in [1.82, 2.24) is 0 Å². The second-order valence-electron chi connectivity index (χ2n) is 2.32. The number of rotatable bonds is 3. The molecule has 0 atom stereocenters. The van der Waals surface area contributed by atoms with E-state index in [4.69, 9.17) is 5.41 Å². The molecular formula is C7H13N. The molecule has 0 radical (unpaired) electrons. The van der Waals surface area contributed by atoms with Crippen molar-refractivity contribution in [2.24, 2.45) is 5.92 Å². The molecule has 0 amide bonds. The lowest BCUT2D eigenvalue weighted by Gasteiger charge is -1.96. The summed E-state index contributed by atoms with van der Waals surface area (Å²) >= 11 is 0. The van der Waals surface area contributed by atoms with E-state index in [2.05, 4.69) is 19.7 Å². The minimum Gasteiger partial charge on any atom is -0.259 e. The molecule has 46 valence electrons. The maximum Gasteiger partial charge on any atom is -0.0234 e. The van der Waals surface area contributed by atoms with E-state index in [-0.39, 0.29) is 0 Å². The zero-order valence-corrected chi connectivity index (χ0v) is 5.57. The number of hydrogen-bond acceptors (Lipinski definition) is 1. The summed E-state index contributed by atoms with van der Waals surface area (Å²) in [6.07, 6.45) is 3.94. The van der Waals surface area contributed by atoms with Crippen LogP contribution in [-0.2, 0) is 0 Å². The summed E-state index contributed by atoms with van der Waals surface area (Å²) in [5.41, 5.74) is 0. The summed E-state index contributed by atoms with van der Waals surface area (Å²) in [6, 6.07) is 0. The molecule has 0 aromatic carbocycles. The first kappa shape index (κ1) is 7.45. The molecule has 0 saturated carbocycles. The van der Waals surface area contributed by atoms with Crippen LogP contribution in [0.4, 0.5) is 0 Å². The molecule has 8 heavy (non-hydrogen) atoms. The summed E-state index contributed by atoms with van der Waals surface area (Å²) in [7, 11) is 0. The van der Waals surface area contributed by atoms with Crippen LogP contribution in [0, 0.1) is 11.3 Å². The van der Waals surface area contributed by atoms with E-state index in [1.807, 2.05) is 0 Å². The molecule has 0 aliphatic rings. The average Bonchev–Trinajstić information content (AvgIpc) is 1.66. The highest BCUT2D eigenvalue weighted by atomic mass is 14.3. The third-order valence-corrected chi connectivity index (χ3v) is 0.990. The average molecular weight is 111 g/mol. The quantitative estimate of drug-likeness (QED) is 0.540. The Morgan fingerprint density at radius 2 is 2.25 bits per heavy atom.